The standard InChI is InChI=1S/C22H28N8OS/c1-7-30-18(8-17(28-30)22(3,4)5)27-21-24-9-15(12-32-21)16-10-23-19(20(26-16)31-6)29-11-14(2)25-13-29/h8,10-13H,7,9H2,1-6H3,(H,24,27). The van der Waals surface area contributed by atoms with E-state index in [0.29, 0.717) is 18.2 Å². The summed E-state index contributed by atoms with van der Waals surface area (Å²) in [5, 5.41) is 11.0. The first-order valence-corrected chi connectivity index (χ1v) is 11.3. The highest BCUT2D eigenvalue weighted by Gasteiger charge is 2.21. The van der Waals surface area contributed by atoms with Crippen molar-refractivity contribution >= 4 is 28.3 Å². The molecule has 32 heavy (non-hydrogen) atoms. The molecular weight excluding hydrogens is 424 g/mol. The van der Waals surface area contributed by atoms with Gasteiger partial charge in [-0.05, 0) is 19.3 Å². The molecule has 0 radical (unpaired) electrons. The van der Waals surface area contributed by atoms with Crippen molar-refractivity contribution in [2.24, 2.45) is 4.99 Å². The van der Waals surface area contributed by atoms with Crippen LogP contribution in [0.4, 0.5) is 5.82 Å². The SMILES string of the molecule is CCn1nc(C(C)(C)C)cc1NC1=NCC(c2cnc(-n3cnc(C)c3)c(OC)n2)=CS1. The van der Waals surface area contributed by atoms with E-state index in [4.69, 9.17) is 14.8 Å². The molecule has 0 saturated heterocycles. The molecule has 10 heteroatoms. The Morgan fingerprint density at radius 1 is 1.25 bits per heavy atom. The summed E-state index contributed by atoms with van der Waals surface area (Å²) >= 11 is 1.53. The fraction of sp³-hybridized carbons (Fsp3) is 0.409. The van der Waals surface area contributed by atoms with Gasteiger partial charge in [-0.25, -0.2) is 19.6 Å². The maximum absolute atomic E-state index is 5.48. The largest absolute Gasteiger partial charge is 0.478 e. The van der Waals surface area contributed by atoms with Crippen molar-refractivity contribution in [1.82, 2.24) is 29.3 Å². The van der Waals surface area contributed by atoms with Gasteiger partial charge < -0.3 is 10.1 Å². The van der Waals surface area contributed by atoms with Crippen molar-refractivity contribution in [3.63, 3.8) is 0 Å². The van der Waals surface area contributed by atoms with Crippen LogP contribution in [-0.4, -0.2) is 48.1 Å². The summed E-state index contributed by atoms with van der Waals surface area (Å²) in [6.07, 6.45) is 5.33. The molecule has 3 aromatic heterocycles. The Labute approximate surface area is 192 Å². The lowest BCUT2D eigenvalue weighted by Gasteiger charge is -2.15. The monoisotopic (exact) mass is 452 g/mol. The van der Waals surface area contributed by atoms with Crippen LogP contribution in [0.5, 0.6) is 5.88 Å². The van der Waals surface area contributed by atoms with Crippen LogP contribution in [0.2, 0.25) is 0 Å². The zero-order valence-corrected chi connectivity index (χ0v) is 20.1. The molecule has 0 fully saturated rings. The fourth-order valence-electron chi connectivity index (χ4n) is 3.17. The van der Waals surface area contributed by atoms with Crippen LogP contribution in [0.25, 0.3) is 11.4 Å². The van der Waals surface area contributed by atoms with Crippen molar-refractivity contribution in [3.8, 4) is 11.7 Å². The molecule has 4 rings (SSSR count). The van der Waals surface area contributed by atoms with Crippen LogP contribution in [-0.2, 0) is 12.0 Å². The van der Waals surface area contributed by atoms with E-state index in [2.05, 4.69) is 59.4 Å². The number of aryl methyl sites for hydroxylation is 2. The third-order valence-corrected chi connectivity index (χ3v) is 5.85. The normalized spacial score (nSPS) is 14.2. The van der Waals surface area contributed by atoms with Crippen molar-refractivity contribution in [3.05, 3.63) is 47.3 Å². The van der Waals surface area contributed by atoms with Crippen molar-refractivity contribution in [1.29, 1.82) is 0 Å². The average Bonchev–Trinajstić information content (AvgIpc) is 3.40. The zero-order chi connectivity index (χ0) is 22.9. The Bertz CT molecular complexity index is 1190. The number of aromatic nitrogens is 6. The van der Waals surface area contributed by atoms with Crippen LogP contribution >= 0.6 is 11.8 Å². The van der Waals surface area contributed by atoms with E-state index < -0.39 is 0 Å². The number of nitrogens with one attached hydrogen (secondary N) is 1. The summed E-state index contributed by atoms with van der Waals surface area (Å²) < 4.78 is 9.25. The molecule has 1 N–H and O–H groups in total. The summed E-state index contributed by atoms with van der Waals surface area (Å²) in [4.78, 5) is 18.2. The van der Waals surface area contributed by atoms with Gasteiger partial charge in [-0.2, -0.15) is 5.10 Å². The van der Waals surface area contributed by atoms with E-state index in [0.717, 1.165) is 40.2 Å². The molecular formula is C22H28N8OS. The number of hydrogen-bond donors (Lipinski definition) is 1. The molecule has 0 amide bonds. The number of thioether (sulfide) groups is 1. The van der Waals surface area contributed by atoms with E-state index >= 15 is 0 Å². The fourth-order valence-corrected chi connectivity index (χ4v) is 3.93. The van der Waals surface area contributed by atoms with Gasteiger partial charge in [0.2, 0.25) is 5.82 Å². The van der Waals surface area contributed by atoms with Gasteiger partial charge in [-0.15, -0.1) is 0 Å². The second kappa shape index (κ2) is 8.78. The van der Waals surface area contributed by atoms with Crippen LogP contribution in [0.1, 0.15) is 44.8 Å². The van der Waals surface area contributed by atoms with Gasteiger partial charge in [0.05, 0.1) is 36.9 Å². The quantitative estimate of drug-likeness (QED) is 0.624. The molecule has 3 aromatic rings. The Morgan fingerprint density at radius 3 is 2.66 bits per heavy atom. The predicted octanol–water partition coefficient (Wildman–Crippen LogP) is 4.05. The summed E-state index contributed by atoms with van der Waals surface area (Å²) in [5.41, 5.74) is 3.67. The Hall–Kier alpha value is -3.14. The lowest BCUT2D eigenvalue weighted by atomic mass is 9.92. The van der Waals surface area contributed by atoms with E-state index in [1.54, 1.807) is 24.2 Å². The first-order chi connectivity index (χ1) is 15.3. The van der Waals surface area contributed by atoms with Gasteiger partial charge in [-0.1, -0.05) is 32.5 Å². The van der Waals surface area contributed by atoms with Gasteiger partial charge in [0, 0.05) is 29.8 Å². The molecule has 1 aliphatic heterocycles. The molecule has 0 aliphatic carbocycles. The number of imidazole rings is 1. The zero-order valence-electron chi connectivity index (χ0n) is 19.2. The molecule has 9 nitrogen and oxygen atoms in total. The molecule has 0 bridgehead atoms. The van der Waals surface area contributed by atoms with Crippen LogP contribution in [0.3, 0.4) is 0 Å². The van der Waals surface area contributed by atoms with E-state index in [-0.39, 0.29) is 5.41 Å². The topological polar surface area (TPSA) is 95.0 Å². The first-order valence-electron chi connectivity index (χ1n) is 10.5. The second-order valence-corrected chi connectivity index (χ2v) is 9.36. The first kappa shape index (κ1) is 22.1. The minimum atomic E-state index is -0.00919. The molecule has 168 valence electrons. The third-order valence-electron chi connectivity index (χ3n) is 4.99. The van der Waals surface area contributed by atoms with E-state index in [1.165, 1.54) is 11.8 Å². The molecule has 0 saturated carbocycles. The average molecular weight is 453 g/mol. The number of anilines is 1. The lowest BCUT2D eigenvalue weighted by molar-refractivity contribution is 0.393. The highest BCUT2D eigenvalue weighted by atomic mass is 32.2. The number of hydrogen-bond acceptors (Lipinski definition) is 8. The molecule has 0 aromatic carbocycles. The highest BCUT2D eigenvalue weighted by Crippen LogP contribution is 2.28. The molecule has 0 spiro atoms. The van der Waals surface area contributed by atoms with Crippen LogP contribution < -0.4 is 10.1 Å². The molecule has 0 unspecified atom stereocenters. The molecule has 0 atom stereocenters. The summed E-state index contributed by atoms with van der Waals surface area (Å²) in [7, 11) is 1.59. The Balaban J connectivity index is 1.49. The Kier molecular flexibility index (Phi) is 6.05. The second-order valence-electron chi connectivity index (χ2n) is 8.50. The van der Waals surface area contributed by atoms with Crippen LogP contribution in [0, 0.1) is 6.92 Å². The number of nitrogens with zero attached hydrogens (tertiary/aromatic N) is 7. The number of amidine groups is 1. The maximum atomic E-state index is 5.48. The number of aliphatic imine (C=N–C) groups is 1. The van der Waals surface area contributed by atoms with E-state index in [9.17, 15) is 0 Å². The number of rotatable bonds is 5. The molecule has 4 heterocycles. The lowest BCUT2D eigenvalue weighted by Crippen LogP contribution is -2.15. The minimum absolute atomic E-state index is 0.00919. The maximum Gasteiger partial charge on any atom is 0.258 e. The summed E-state index contributed by atoms with van der Waals surface area (Å²) in [5.74, 6) is 2.00. The molecule has 1 aliphatic rings. The van der Waals surface area contributed by atoms with Gasteiger partial charge in [0.15, 0.2) is 5.17 Å². The summed E-state index contributed by atoms with van der Waals surface area (Å²) in [6, 6.07) is 2.10. The van der Waals surface area contributed by atoms with Crippen molar-refractivity contribution in [2.75, 3.05) is 19.0 Å². The van der Waals surface area contributed by atoms with Gasteiger partial charge in [0.1, 0.15) is 12.1 Å². The van der Waals surface area contributed by atoms with E-state index in [1.807, 2.05) is 17.8 Å². The Morgan fingerprint density at radius 2 is 2.06 bits per heavy atom. The number of methoxy groups -OCH3 is 1. The van der Waals surface area contributed by atoms with Gasteiger partial charge in [0.25, 0.3) is 5.88 Å². The number of ether oxygens (including phenoxy) is 1. The predicted molar refractivity (Wildman–Crippen MR) is 129 cm³/mol. The van der Waals surface area contributed by atoms with Crippen molar-refractivity contribution < 1.29 is 4.74 Å². The third kappa shape index (κ3) is 4.55. The van der Waals surface area contributed by atoms with Crippen LogP contribution in [0.15, 0.2) is 35.2 Å². The highest BCUT2D eigenvalue weighted by molar-refractivity contribution is 8.16. The van der Waals surface area contributed by atoms with Gasteiger partial charge in [-0.3, -0.25) is 9.56 Å². The summed E-state index contributed by atoms with van der Waals surface area (Å²) in [6.45, 7) is 11.8. The van der Waals surface area contributed by atoms with Crippen molar-refractivity contribution in [2.45, 2.75) is 46.6 Å². The minimum Gasteiger partial charge on any atom is -0.478 e. The smallest absolute Gasteiger partial charge is 0.258 e. The van der Waals surface area contributed by atoms with Gasteiger partial charge >= 0.3 is 0 Å².